The van der Waals surface area contributed by atoms with Gasteiger partial charge in [-0.15, -0.1) is 0 Å². The minimum Gasteiger partial charge on any atom is -0.478 e. The van der Waals surface area contributed by atoms with Crippen molar-refractivity contribution in [3.63, 3.8) is 0 Å². The first kappa shape index (κ1) is 14.5. The van der Waals surface area contributed by atoms with Crippen molar-refractivity contribution in [2.75, 3.05) is 23.7 Å². The molecule has 19 heavy (non-hydrogen) atoms. The summed E-state index contributed by atoms with van der Waals surface area (Å²) in [5.41, 5.74) is 1.06. The van der Waals surface area contributed by atoms with Crippen molar-refractivity contribution >= 4 is 35.0 Å². The fraction of sp³-hybridized carbons (Fsp3) is 0.500. The predicted molar refractivity (Wildman–Crippen MR) is 81.8 cm³/mol. The molecule has 0 amide bonds. The van der Waals surface area contributed by atoms with Crippen LogP contribution in [0, 0.1) is 0 Å². The van der Waals surface area contributed by atoms with Crippen LogP contribution >= 0.6 is 23.4 Å². The lowest BCUT2D eigenvalue weighted by molar-refractivity contribution is 0.0697. The molecule has 1 aromatic rings. The highest BCUT2D eigenvalue weighted by atomic mass is 35.5. The molecule has 5 heteroatoms. The van der Waals surface area contributed by atoms with E-state index in [1.807, 2.05) is 17.8 Å². The van der Waals surface area contributed by atoms with Crippen LogP contribution in [0.2, 0.25) is 5.02 Å². The van der Waals surface area contributed by atoms with Crippen LogP contribution in [0.1, 0.15) is 30.6 Å². The van der Waals surface area contributed by atoms with Crippen molar-refractivity contribution in [2.45, 2.75) is 25.0 Å². The van der Waals surface area contributed by atoms with Gasteiger partial charge in [0.2, 0.25) is 0 Å². The van der Waals surface area contributed by atoms with Crippen molar-refractivity contribution in [1.82, 2.24) is 0 Å². The maximum atomic E-state index is 11.3. The van der Waals surface area contributed by atoms with E-state index in [0.717, 1.165) is 31.0 Å². The average Bonchev–Trinajstić information content (AvgIpc) is 2.50. The second-order valence-electron chi connectivity index (χ2n) is 5.31. The summed E-state index contributed by atoms with van der Waals surface area (Å²) in [6.07, 6.45) is 1.04. The van der Waals surface area contributed by atoms with Crippen molar-refractivity contribution in [3.8, 4) is 0 Å². The Balaban J connectivity index is 2.29. The number of carbonyl (C=O) groups is 1. The first-order valence-corrected chi connectivity index (χ1v) is 7.67. The third-order valence-electron chi connectivity index (χ3n) is 3.37. The third kappa shape index (κ3) is 3.57. The molecular weight excluding hydrogens is 282 g/mol. The van der Waals surface area contributed by atoms with E-state index < -0.39 is 5.97 Å². The van der Waals surface area contributed by atoms with Gasteiger partial charge in [-0.1, -0.05) is 25.4 Å². The second kappa shape index (κ2) is 5.63. The van der Waals surface area contributed by atoms with Crippen LogP contribution in [0.4, 0.5) is 5.69 Å². The van der Waals surface area contributed by atoms with E-state index in [1.54, 1.807) is 6.07 Å². The molecule has 2 rings (SSSR count). The molecule has 0 saturated carbocycles. The Morgan fingerprint density at radius 2 is 2.16 bits per heavy atom. The number of nitrogens with zero attached hydrogens (tertiary/aromatic N) is 1. The molecular formula is C14H18ClNO2S. The zero-order chi connectivity index (χ0) is 14.0. The molecule has 0 spiro atoms. The maximum absolute atomic E-state index is 11.3. The fourth-order valence-electron chi connectivity index (χ4n) is 2.22. The summed E-state index contributed by atoms with van der Waals surface area (Å²) in [6, 6.07) is 5.10. The van der Waals surface area contributed by atoms with Crippen molar-refractivity contribution in [1.29, 1.82) is 0 Å². The third-order valence-corrected chi connectivity index (χ3v) is 4.97. The average molecular weight is 300 g/mol. The molecule has 0 bridgehead atoms. The Morgan fingerprint density at radius 3 is 2.84 bits per heavy atom. The molecule has 3 nitrogen and oxygen atoms in total. The Kier molecular flexibility index (Phi) is 4.31. The lowest BCUT2D eigenvalue weighted by Gasteiger charge is -2.25. The van der Waals surface area contributed by atoms with Gasteiger partial charge in [-0.3, -0.25) is 0 Å². The van der Waals surface area contributed by atoms with E-state index in [2.05, 4.69) is 18.7 Å². The molecule has 1 heterocycles. The second-order valence-corrected chi connectivity index (χ2v) is 7.55. The first-order valence-electron chi connectivity index (χ1n) is 6.31. The van der Waals surface area contributed by atoms with Gasteiger partial charge in [-0.05, 0) is 24.6 Å². The molecule has 0 aromatic heterocycles. The number of benzene rings is 1. The quantitative estimate of drug-likeness (QED) is 0.902. The van der Waals surface area contributed by atoms with Crippen LogP contribution in [-0.4, -0.2) is 34.7 Å². The normalized spacial score (nSPS) is 19.0. The lowest BCUT2D eigenvalue weighted by Crippen LogP contribution is -2.28. The number of hydrogen-bond donors (Lipinski definition) is 1. The van der Waals surface area contributed by atoms with Gasteiger partial charge in [-0.2, -0.15) is 11.8 Å². The summed E-state index contributed by atoms with van der Waals surface area (Å²) in [7, 11) is 0. The first-order chi connectivity index (χ1) is 8.89. The summed E-state index contributed by atoms with van der Waals surface area (Å²) in [5.74, 6) is 0.0861. The van der Waals surface area contributed by atoms with Crippen LogP contribution in [0.15, 0.2) is 18.2 Å². The van der Waals surface area contributed by atoms with Crippen LogP contribution in [0.5, 0.6) is 0 Å². The van der Waals surface area contributed by atoms with E-state index in [9.17, 15) is 9.90 Å². The molecule has 0 aliphatic carbocycles. The van der Waals surface area contributed by atoms with Gasteiger partial charge in [0.15, 0.2) is 0 Å². The minimum absolute atomic E-state index is 0.255. The summed E-state index contributed by atoms with van der Waals surface area (Å²) >= 11 is 7.83. The van der Waals surface area contributed by atoms with E-state index in [-0.39, 0.29) is 10.3 Å². The number of rotatable bonds is 2. The molecule has 1 N–H and O–H groups in total. The van der Waals surface area contributed by atoms with Crippen molar-refractivity contribution < 1.29 is 9.90 Å². The molecule has 1 saturated heterocycles. The van der Waals surface area contributed by atoms with E-state index in [4.69, 9.17) is 11.6 Å². The Bertz CT molecular complexity index is 490. The number of hydrogen-bond acceptors (Lipinski definition) is 3. The van der Waals surface area contributed by atoms with Crippen molar-refractivity contribution in [2.24, 2.45) is 0 Å². The Morgan fingerprint density at radius 1 is 1.42 bits per heavy atom. The summed E-state index contributed by atoms with van der Waals surface area (Å²) in [5, 5.41) is 9.77. The highest BCUT2D eigenvalue weighted by molar-refractivity contribution is 8.00. The smallest absolute Gasteiger partial charge is 0.337 e. The molecule has 0 unspecified atom stereocenters. The summed E-state index contributed by atoms with van der Waals surface area (Å²) in [4.78, 5) is 13.5. The van der Waals surface area contributed by atoms with Gasteiger partial charge in [-0.25, -0.2) is 4.79 Å². The van der Waals surface area contributed by atoms with Gasteiger partial charge in [0, 0.05) is 28.6 Å². The van der Waals surface area contributed by atoms with Crippen LogP contribution < -0.4 is 4.90 Å². The molecule has 0 atom stereocenters. The van der Waals surface area contributed by atoms with Gasteiger partial charge < -0.3 is 10.0 Å². The number of aromatic carboxylic acids is 1. The Labute approximate surface area is 122 Å². The molecule has 1 aliphatic heterocycles. The number of thioether (sulfide) groups is 1. The van der Waals surface area contributed by atoms with Crippen molar-refractivity contribution in [3.05, 3.63) is 28.8 Å². The molecule has 1 aliphatic rings. The number of halogens is 1. The number of carboxylic acids is 1. The zero-order valence-electron chi connectivity index (χ0n) is 11.1. The molecule has 104 valence electrons. The maximum Gasteiger partial charge on any atom is 0.337 e. The highest BCUT2D eigenvalue weighted by Gasteiger charge is 2.25. The summed E-state index contributed by atoms with van der Waals surface area (Å²) < 4.78 is 0.255. The van der Waals surface area contributed by atoms with E-state index in [1.165, 1.54) is 6.07 Å². The number of anilines is 1. The number of carboxylic acid groups (broad SMARTS) is 1. The zero-order valence-corrected chi connectivity index (χ0v) is 12.7. The van der Waals surface area contributed by atoms with Gasteiger partial charge in [0.25, 0.3) is 0 Å². The van der Waals surface area contributed by atoms with Crippen LogP contribution in [0.3, 0.4) is 0 Å². The van der Waals surface area contributed by atoms with Gasteiger partial charge >= 0.3 is 5.97 Å². The van der Waals surface area contributed by atoms with E-state index >= 15 is 0 Å². The van der Waals surface area contributed by atoms with E-state index in [0.29, 0.717) is 5.02 Å². The standard InChI is InChI=1S/C14H18ClNO2S/c1-14(2)5-6-16(7-8-19-14)12-4-3-10(15)9-11(12)13(17)18/h3-4,9H,5-8H2,1-2H3,(H,17,18). The Hall–Kier alpha value is -0.870. The lowest BCUT2D eigenvalue weighted by atomic mass is 10.1. The van der Waals surface area contributed by atoms with Crippen LogP contribution in [-0.2, 0) is 0 Å². The summed E-state index contributed by atoms with van der Waals surface area (Å²) in [6.45, 7) is 6.22. The topological polar surface area (TPSA) is 40.5 Å². The fourth-order valence-corrected chi connectivity index (χ4v) is 3.49. The highest BCUT2D eigenvalue weighted by Crippen LogP contribution is 2.33. The van der Waals surface area contributed by atoms with Crippen LogP contribution in [0.25, 0.3) is 0 Å². The molecule has 0 radical (unpaired) electrons. The largest absolute Gasteiger partial charge is 0.478 e. The molecule has 1 fully saturated rings. The van der Waals surface area contributed by atoms with Gasteiger partial charge in [0.05, 0.1) is 11.3 Å². The monoisotopic (exact) mass is 299 g/mol. The molecule has 1 aromatic carbocycles. The predicted octanol–water partition coefficient (Wildman–Crippen LogP) is 3.76. The minimum atomic E-state index is -0.923. The van der Waals surface area contributed by atoms with Gasteiger partial charge in [0.1, 0.15) is 0 Å². The SMILES string of the molecule is CC1(C)CCN(c2ccc(Cl)cc2C(=O)O)CCS1.